The van der Waals surface area contributed by atoms with Crippen LogP contribution in [-0.2, 0) is 4.79 Å². The van der Waals surface area contributed by atoms with Crippen LogP contribution in [0.3, 0.4) is 0 Å². The number of rotatable bonds is 52. The molecule has 3 N–H and O–H groups in total. The summed E-state index contributed by atoms with van der Waals surface area (Å²) in [7, 11) is 0. The molecule has 2 atom stereocenters. The molecule has 4 nitrogen and oxygen atoms in total. The minimum Gasteiger partial charge on any atom is -0.394 e. The van der Waals surface area contributed by atoms with E-state index in [1.54, 1.807) is 6.08 Å². The Labute approximate surface area is 389 Å². The third-order valence-corrected chi connectivity index (χ3v) is 13.1. The number of hydrogen-bond donors (Lipinski definition) is 3. The van der Waals surface area contributed by atoms with Crippen molar-refractivity contribution in [1.29, 1.82) is 0 Å². The fraction of sp³-hybridized carbons (Fsp3) is 0.879. The van der Waals surface area contributed by atoms with Crippen LogP contribution in [0.5, 0.6) is 0 Å². The largest absolute Gasteiger partial charge is 0.394 e. The second-order valence-electron chi connectivity index (χ2n) is 19.4. The van der Waals surface area contributed by atoms with Crippen LogP contribution in [0.1, 0.15) is 309 Å². The standard InChI is InChI=1S/C58H111NO3/c1-3-5-7-9-11-13-15-17-19-21-23-25-27-28-29-30-32-34-36-38-40-42-44-46-48-50-52-54-58(62)59-56(55-60)57(61)53-51-49-47-45-43-41-39-37-35-33-31-26-24-22-20-18-16-14-12-10-8-6-4-2/h23,25,28-29,51,53,56-57,60-61H,3-22,24,26-27,30-50,52,54-55H2,1-2H3,(H,59,62)/b25-23-,29-28-,53-51+. The van der Waals surface area contributed by atoms with Crippen LogP contribution < -0.4 is 5.32 Å². The summed E-state index contributed by atoms with van der Waals surface area (Å²) >= 11 is 0. The normalized spacial score (nSPS) is 13.0. The highest BCUT2D eigenvalue weighted by Gasteiger charge is 2.18. The number of nitrogens with one attached hydrogen (secondary N) is 1. The predicted molar refractivity (Wildman–Crippen MR) is 276 cm³/mol. The summed E-state index contributed by atoms with van der Waals surface area (Å²) in [6.45, 7) is 4.34. The smallest absolute Gasteiger partial charge is 0.220 e. The Morgan fingerprint density at radius 2 is 0.661 bits per heavy atom. The Morgan fingerprint density at radius 3 is 0.968 bits per heavy atom. The van der Waals surface area contributed by atoms with E-state index in [2.05, 4.69) is 43.5 Å². The number of carbonyl (C=O) groups excluding carboxylic acids is 1. The molecule has 1 amide bonds. The second-order valence-corrected chi connectivity index (χ2v) is 19.4. The van der Waals surface area contributed by atoms with E-state index in [9.17, 15) is 15.0 Å². The molecule has 62 heavy (non-hydrogen) atoms. The average Bonchev–Trinajstić information content (AvgIpc) is 3.28. The molecule has 0 aromatic rings. The fourth-order valence-corrected chi connectivity index (χ4v) is 8.80. The van der Waals surface area contributed by atoms with Crippen LogP contribution >= 0.6 is 0 Å². The van der Waals surface area contributed by atoms with Gasteiger partial charge in [-0.25, -0.2) is 0 Å². The van der Waals surface area contributed by atoms with E-state index in [-0.39, 0.29) is 12.5 Å². The van der Waals surface area contributed by atoms with Crippen LogP contribution in [0, 0.1) is 0 Å². The zero-order chi connectivity index (χ0) is 44.9. The van der Waals surface area contributed by atoms with E-state index in [4.69, 9.17) is 0 Å². The summed E-state index contributed by atoms with van der Waals surface area (Å²) < 4.78 is 0. The lowest BCUT2D eigenvalue weighted by Gasteiger charge is -2.20. The number of hydrogen-bond acceptors (Lipinski definition) is 3. The maximum absolute atomic E-state index is 12.5. The van der Waals surface area contributed by atoms with Crippen LogP contribution in [0.2, 0.25) is 0 Å². The molecular formula is C58H111NO3. The van der Waals surface area contributed by atoms with Crippen LogP contribution in [0.25, 0.3) is 0 Å². The summed E-state index contributed by atoms with van der Waals surface area (Å²) in [5.41, 5.74) is 0. The fourth-order valence-electron chi connectivity index (χ4n) is 8.80. The Morgan fingerprint density at radius 1 is 0.387 bits per heavy atom. The lowest BCUT2D eigenvalue weighted by atomic mass is 10.0. The van der Waals surface area contributed by atoms with Crippen molar-refractivity contribution >= 4 is 5.91 Å². The van der Waals surface area contributed by atoms with Crippen molar-refractivity contribution in [2.75, 3.05) is 6.61 Å². The van der Waals surface area contributed by atoms with Gasteiger partial charge in [-0.1, -0.05) is 288 Å². The van der Waals surface area contributed by atoms with Gasteiger partial charge >= 0.3 is 0 Å². The topological polar surface area (TPSA) is 69.6 Å². The molecule has 366 valence electrons. The van der Waals surface area contributed by atoms with Gasteiger partial charge in [-0.15, -0.1) is 0 Å². The van der Waals surface area contributed by atoms with Crippen LogP contribution in [0.15, 0.2) is 36.5 Å². The molecule has 2 unspecified atom stereocenters. The first-order valence-electron chi connectivity index (χ1n) is 28.2. The molecular weight excluding hydrogens is 759 g/mol. The van der Waals surface area contributed by atoms with E-state index >= 15 is 0 Å². The molecule has 0 spiro atoms. The Hall–Kier alpha value is -1.39. The van der Waals surface area contributed by atoms with E-state index < -0.39 is 12.1 Å². The zero-order valence-electron chi connectivity index (χ0n) is 42.2. The van der Waals surface area contributed by atoms with Crippen molar-refractivity contribution in [1.82, 2.24) is 5.32 Å². The SMILES string of the molecule is CCCCCCCCCCC/C=C\C/C=C\CCCCCCCCCCCCCC(=O)NC(CO)C(O)/C=C/CCCCCCCCCCCCCCCCCCCCCCC. The number of aliphatic hydroxyl groups excluding tert-OH is 2. The zero-order valence-corrected chi connectivity index (χ0v) is 42.2. The molecule has 0 radical (unpaired) electrons. The summed E-state index contributed by atoms with van der Waals surface area (Å²) in [5.74, 6) is -0.0623. The maximum Gasteiger partial charge on any atom is 0.220 e. The molecule has 0 saturated carbocycles. The van der Waals surface area contributed by atoms with Crippen molar-refractivity contribution < 1.29 is 15.0 Å². The second kappa shape index (κ2) is 53.9. The minimum atomic E-state index is -0.841. The maximum atomic E-state index is 12.5. The summed E-state index contributed by atoms with van der Waals surface area (Å²) in [6, 6.07) is -0.624. The lowest BCUT2D eigenvalue weighted by Crippen LogP contribution is -2.45. The molecule has 0 aliphatic rings. The van der Waals surface area contributed by atoms with Gasteiger partial charge in [-0.05, 0) is 51.4 Å². The minimum absolute atomic E-state index is 0.0623. The van der Waals surface area contributed by atoms with Crippen LogP contribution in [0.4, 0.5) is 0 Å². The van der Waals surface area contributed by atoms with Crippen LogP contribution in [-0.4, -0.2) is 34.9 Å². The van der Waals surface area contributed by atoms with Crippen molar-refractivity contribution in [3.8, 4) is 0 Å². The van der Waals surface area contributed by atoms with Crippen molar-refractivity contribution in [3.63, 3.8) is 0 Å². The van der Waals surface area contributed by atoms with E-state index in [1.807, 2.05) is 6.08 Å². The van der Waals surface area contributed by atoms with Crippen molar-refractivity contribution in [2.45, 2.75) is 321 Å². The third kappa shape index (κ3) is 49.6. The van der Waals surface area contributed by atoms with Crippen molar-refractivity contribution in [3.05, 3.63) is 36.5 Å². The van der Waals surface area contributed by atoms with E-state index in [0.717, 1.165) is 32.1 Å². The molecule has 0 aliphatic carbocycles. The summed E-state index contributed by atoms with van der Waals surface area (Å²) in [5, 5.41) is 23.2. The molecule has 0 aliphatic heterocycles. The van der Waals surface area contributed by atoms with Gasteiger partial charge in [0.2, 0.25) is 5.91 Å². The molecule has 0 aromatic heterocycles. The first kappa shape index (κ1) is 60.6. The number of aliphatic hydroxyl groups is 2. The average molecular weight is 871 g/mol. The molecule has 0 bridgehead atoms. The van der Waals surface area contributed by atoms with Gasteiger partial charge in [-0.2, -0.15) is 0 Å². The number of amides is 1. The highest BCUT2D eigenvalue weighted by atomic mass is 16.3. The number of carbonyl (C=O) groups is 1. The Balaban J connectivity index is 3.50. The summed E-state index contributed by atoms with van der Waals surface area (Å²) in [6.07, 6.45) is 73.0. The lowest BCUT2D eigenvalue weighted by molar-refractivity contribution is -0.123. The highest BCUT2D eigenvalue weighted by molar-refractivity contribution is 5.76. The van der Waals surface area contributed by atoms with Gasteiger partial charge in [0.25, 0.3) is 0 Å². The number of unbranched alkanes of at least 4 members (excludes halogenated alkanes) is 41. The van der Waals surface area contributed by atoms with Gasteiger partial charge in [0.1, 0.15) is 0 Å². The van der Waals surface area contributed by atoms with Gasteiger partial charge in [-0.3, -0.25) is 4.79 Å². The quantitative estimate of drug-likeness (QED) is 0.0421. The molecule has 0 aromatic carbocycles. The highest BCUT2D eigenvalue weighted by Crippen LogP contribution is 2.17. The molecule has 0 saturated heterocycles. The predicted octanol–water partition coefficient (Wildman–Crippen LogP) is 18.5. The van der Waals surface area contributed by atoms with Gasteiger partial charge in [0.05, 0.1) is 18.8 Å². The van der Waals surface area contributed by atoms with E-state index in [0.29, 0.717) is 6.42 Å². The monoisotopic (exact) mass is 870 g/mol. The Bertz CT molecular complexity index is 943. The molecule has 4 heteroatoms. The first-order valence-corrected chi connectivity index (χ1v) is 28.2. The van der Waals surface area contributed by atoms with Gasteiger partial charge in [0.15, 0.2) is 0 Å². The Kier molecular flexibility index (Phi) is 52.7. The molecule has 0 rings (SSSR count). The van der Waals surface area contributed by atoms with E-state index in [1.165, 1.54) is 257 Å². The first-order chi connectivity index (χ1) is 30.7. The number of allylic oxidation sites excluding steroid dienone is 5. The summed E-state index contributed by atoms with van der Waals surface area (Å²) in [4.78, 5) is 12.5. The molecule has 0 fully saturated rings. The third-order valence-electron chi connectivity index (χ3n) is 13.1. The van der Waals surface area contributed by atoms with Gasteiger partial charge < -0.3 is 15.5 Å². The van der Waals surface area contributed by atoms with Crippen molar-refractivity contribution in [2.24, 2.45) is 0 Å². The molecule has 0 heterocycles. The van der Waals surface area contributed by atoms with Gasteiger partial charge in [0, 0.05) is 6.42 Å².